The lowest BCUT2D eigenvalue weighted by atomic mass is 10.2. The van der Waals surface area contributed by atoms with Crippen LogP contribution in [0.2, 0.25) is 0 Å². The third-order valence-electron chi connectivity index (χ3n) is 2.82. The fourth-order valence-electron chi connectivity index (χ4n) is 2.03. The highest BCUT2D eigenvalue weighted by Gasteiger charge is 2.73. The molecule has 0 unspecified atom stereocenters. The molecule has 3 aliphatic heterocycles. The van der Waals surface area contributed by atoms with Gasteiger partial charge in [-0.1, -0.05) is 0 Å². The predicted octanol–water partition coefficient (Wildman–Crippen LogP) is -1.13. The summed E-state index contributed by atoms with van der Waals surface area (Å²) >= 11 is 0. The standard InChI is InChI=1S/C7H6O4/c8-1-2-4(9-2)6-7(11-6)5-3(1)10-5/h2-7H/t2-,3+,4-,5+,6-,7+. The van der Waals surface area contributed by atoms with E-state index in [0.717, 1.165) is 0 Å². The zero-order valence-corrected chi connectivity index (χ0v) is 5.60. The molecule has 58 valence electrons. The second kappa shape index (κ2) is 1.26. The number of carbonyl (C=O) groups is 1. The van der Waals surface area contributed by atoms with Gasteiger partial charge in [-0.25, -0.2) is 0 Å². The Kier molecular flexibility index (Phi) is 0.600. The normalized spacial score (nSPS) is 68.9. The van der Waals surface area contributed by atoms with Crippen LogP contribution in [0.3, 0.4) is 0 Å². The predicted molar refractivity (Wildman–Crippen MR) is 31.0 cm³/mol. The molecule has 0 radical (unpaired) electrons. The van der Waals surface area contributed by atoms with Crippen LogP contribution >= 0.6 is 0 Å². The Labute approximate surface area is 62.4 Å². The molecule has 4 nitrogen and oxygen atoms in total. The van der Waals surface area contributed by atoms with Crippen LogP contribution in [0.4, 0.5) is 0 Å². The van der Waals surface area contributed by atoms with E-state index in [0.29, 0.717) is 0 Å². The molecule has 1 saturated carbocycles. The number of Topliss-reactive ketones (excluding diaryl/α,β-unsaturated/α-hetero) is 1. The van der Waals surface area contributed by atoms with E-state index in [1.165, 1.54) is 0 Å². The molecule has 11 heavy (non-hydrogen) atoms. The fraction of sp³-hybridized carbons (Fsp3) is 0.857. The summed E-state index contributed by atoms with van der Waals surface area (Å²) in [6, 6.07) is 0. The quantitative estimate of drug-likeness (QED) is 0.414. The van der Waals surface area contributed by atoms with Crippen LogP contribution in [0.25, 0.3) is 0 Å². The van der Waals surface area contributed by atoms with Gasteiger partial charge in [0.1, 0.15) is 36.6 Å². The summed E-state index contributed by atoms with van der Waals surface area (Å²) in [4.78, 5) is 11.3. The van der Waals surface area contributed by atoms with E-state index in [-0.39, 0.29) is 42.4 Å². The van der Waals surface area contributed by atoms with Gasteiger partial charge in [-0.05, 0) is 0 Å². The first-order chi connectivity index (χ1) is 5.36. The second-order valence-electron chi connectivity index (χ2n) is 3.51. The van der Waals surface area contributed by atoms with Crippen molar-refractivity contribution in [3.63, 3.8) is 0 Å². The summed E-state index contributed by atoms with van der Waals surface area (Å²) in [5.74, 6) is 0.135. The average Bonchev–Trinajstić information content (AvgIpc) is 2.81. The van der Waals surface area contributed by atoms with E-state index in [1.807, 2.05) is 0 Å². The van der Waals surface area contributed by atoms with Gasteiger partial charge in [0, 0.05) is 0 Å². The average molecular weight is 154 g/mol. The number of ketones is 1. The number of fused-ring (bicyclic) bond motifs is 5. The zero-order chi connectivity index (χ0) is 7.16. The first-order valence-electron chi connectivity index (χ1n) is 3.86. The Bertz CT molecular complexity index is 239. The Balaban J connectivity index is 1.77. The van der Waals surface area contributed by atoms with Crippen LogP contribution in [0.1, 0.15) is 0 Å². The number of epoxide rings is 3. The number of carbonyl (C=O) groups excluding carboxylic acids is 1. The van der Waals surface area contributed by atoms with Crippen LogP contribution in [0, 0.1) is 0 Å². The maximum Gasteiger partial charge on any atom is 0.195 e. The minimum atomic E-state index is -0.192. The van der Waals surface area contributed by atoms with Gasteiger partial charge in [0.15, 0.2) is 5.78 Å². The van der Waals surface area contributed by atoms with E-state index in [1.54, 1.807) is 0 Å². The summed E-state index contributed by atoms with van der Waals surface area (Å²) in [5, 5.41) is 0. The number of hydrogen-bond donors (Lipinski definition) is 0. The highest BCUT2D eigenvalue weighted by Crippen LogP contribution is 2.51. The number of hydrogen-bond acceptors (Lipinski definition) is 4. The van der Waals surface area contributed by atoms with E-state index < -0.39 is 0 Å². The molecular formula is C7H6O4. The molecule has 3 saturated heterocycles. The lowest BCUT2D eigenvalue weighted by molar-refractivity contribution is -0.121. The van der Waals surface area contributed by atoms with Crippen molar-refractivity contribution in [1.29, 1.82) is 0 Å². The molecule has 4 heteroatoms. The first kappa shape index (κ1) is 5.24. The van der Waals surface area contributed by atoms with Gasteiger partial charge in [0.25, 0.3) is 0 Å². The number of rotatable bonds is 0. The van der Waals surface area contributed by atoms with Crippen LogP contribution in [-0.2, 0) is 19.0 Å². The summed E-state index contributed by atoms with van der Waals surface area (Å²) in [6.07, 6.45) is 0.0979. The van der Waals surface area contributed by atoms with Crippen molar-refractivity contribution in [2.75, 3.05) is 0 Å². The zero-order valence-electron chi connectivity index (χ0n) is 5.60. The monoisotopic (exact) mass is 154 g/mol. The third kappa shape index (κ3) is 0.484. The van der Waals surface area contributed by atoms with Crippen LogP contribution in [-0.4, -0.2) is 42.4 Å². The Morgan fingerprint density at radius 3 is 1.91 bits per heavy atom. The second-order valence-corrected chi connectivity index (χ2v) is 3.51. The van der Waals surface area contributed by atoms with E-state index in [4.69, 9.17) is 14.2 Å². The molecule has 4 aliphatic rings. The lowest BCUT2D eigenvalue weighted by Crippen LogP contribution is -2.17. The Morgan fingerprint density at radius 2 is 1.36 bits per heavy atom. The molecule has 0 bridgehead atoms. The van der Waals surface area contributed by atoms with Gasteiger partial charge in [-0.15, -0.1) is 0 Å². The summed E-state index contributed by atoms with van der Waals surface area (Å²) in [5.41, 5.74) is 0. The molecule has 0 aromatic carbocycles. The minimum Gasteiger partial charge on any atom is -0.364 e. The topological polar surface area (TPSA) is 54.7 Å². The summed E-state index contributed by atoms with van der Waals surface area (Å²) in [6.45, 7) is 0. The molecule has 0 aromatic heterocycles. The molecule has 0 spiro atoms. The maximum atomic E-state index is 11.3. The van der Waals surface area contributed by atoms with Gasteiger partial charge < -0.3 is 14.2 Å². The summed E-state index contributed by atoms with van der Waals surface area (Å²) < 4.78 is 15.6. The van der Waals surface area contributed by atoms with Crippen molar-refractivity contribution < 1.29 is 19.0 Å². The van der Waals surface area contributed by atoms with Crippen molar-refractivity contribution in [2.24, 2.45) is 0 Å². The molecular weight excluding hydrogens is 148 g/mol. The largest absolute Gasteiger partial charge is 0.364 e. The van der Waals surface area contributed by atoms with Gasteiger partial charge in [-0.2, -0.15) is 0 Å². The number of ether oxygens (including phenoxy) is 3. The lowest BCUT2D eigenvalue weighted by Gasteiger charge is -1.85. The van der Waals surface area contributed by atoms with Crippen molar-refractivity contribution >= 4 is 5.78 Å². The fourth-order valence-corrected chi connectivity index (χ4v) is 2.03. The molecule has 0 N–H and O–H groups in total. The smallest absolute Gasteiger partial charge is 0.195 e. The van der Waals surface area contributed by atoms with E-state index >= 15 is 0 Å². The van der Waals surface area contributed by atoms with Gasteiger partial charge in [0.2, 0.25) is 0 Å². The van der Waals surface area contributed by atoms with Crippen LogP contribution < -0.4 is 0 Å². The summed E-state index contributed by atoms with van der Waals surface area (Å²) in [7, 11) is 0. The molecule has 1 aliphatic carbocycles. The van der Waals surface area contributed by atoms with E-state index in [2.05, 4.69) is 0 Å². The van der Waals surface area contributed by atoms with Gasteiger partial charge in [-0.3, -0.25) is 4.79 Å². The van der Waals surface area contributed by atoms with Gasteiger partial charge in [0.05, 0.1) is 0 Å². The molecule has 6 atom stereocenters. The minimum absolute atomic E-state index is 0.0731. The SMILES string of the molecule is O=C1[C@H]2O[C@H]2[C@H]2O[C@H]2[C@H]2O[C@@H]12. The highest BCUT2D eigenvalue weighted by atomic mass is 16.7. The van der Waals surface area contributed by atoms with Gasteiger partial charge >= 0.3 is 0 Å². The van der Waals surface area contributed by atoms with Crippen molar-refractivity contribution in [3.8, 4) is 0 Å². The molecule has 0 amide bonds. The Morgan fingerprint density at radius 1 is 0.818 bits per heavy atom. The van der Waals surface area contributed by atoms with Crippen molar-refractivity contribution in [3.05, 3.63) is 0 Å². The van der Waals surface area contributed by atoms with E-state index in [9.17, 15) is 4.79 Å². The maximum absolute atomic E-state index is 11.3. The van der Waals surface area contributed by atoms with Crippen molar-refractivity contribution in [2.45, 2.75) is 36.6 Å². The highest BCUT2D eigenvalue weighted by molar-refractivity contribution is 5.93. The molecule has 4 rings (SSSR count). The van der Waals surface area contributed by atoms with Crippen molar-refractivity contribution in [1.82, 2.24) is 0 Å². The molecule has 0 aromatic rings. The molecule has 3 heterocycles. The molecule has 4 fully saturated rings. The van der Waals surface area contributed by atoms with Crippen LogP contribution in [0.5, 0.6) is 0 Å². The third-order valence-corrected chi connectivity index (χ3v) is 2.82. The van der Waals surface area contributed by atoms with Crippen LogP contribution in [0.15, 0.2) is 0 Å². The Hall–Kier alpha value is -0.450. The first-order valence-corrected chi connectivity index (χ1v) is 3.86.